The molecule has 19 heavy (non-hydrogen) atoms. The number of rotatable bonds is 6. The van der Waals surface area contributed by atoms with Crippen LogP contribution in [0.25, 0.3) is 0 Å². The van der Waals surface area contributed by atoms with Crippen molar-refractivity contribution >= 4 is 29.1 Å². The topological polar surface area (TPSA) is 49.8 Å². The Bertz CT molecular complexity index is 440. The van der Waals surface area contributed by atoms with Gasteiger partial charge in [-0.2, -0.15) is 0 Å². The number of nitrogens with zero attached hydrogens (tertiary/aromatic N) is 1. The van der Waals surface area contributed by atoms with Crippen LogP contribution >= 0.6 is 23.2 Å². The quantitative estimate of drug-likeness (QED) is 0.877. The molecule has 1 aromatic rings. The van der Waals surface area contributed by atoms with Crippen LogP contribution < -0.4 is 0 Å². The van der Waals surface area contributed by atoms with Crippen molar-refractivity contribution in [2.75, 3.05) is 20.3 Å². The molecule has 0 aromatic heterocycles. The van der Waals surface area contributed by atoms with Crippen molar-refractivity contribution in [3.8, 4) is 0 Å². The van der Waals surface area contributed by atoms with E-state index in [1.165, 1.54) is 12.0 Å². The summed E-state index contributed by atoms with van der Waals surface area (Å²) >= 11 is 11.8. The predicted octanol–water partition coefficient (Wildman–Crippen LogP) is 2.35. The Balaban J connectivity index is 2.83. The van der Waals surface area contributed by atoms with Gasteiger partial charge in [-0.15, -0.1) is 0 Å². The highest BCUT2D eigenvalue weighted by molar-refractivity contribution is 6.42. The molecule has 1 amide bonds. The molecule has 1 aromatic carbocycles. The molecular formula is C13H17Cl2NO3. The molecule has 106 valence electrons. The first-order valence-electron chi connectivity index (χ1n) is 5.86. The summed E-state index contributed by atoms with van der Waals surface area (Å²) in [6.45, 7) is 2.15. The van der Waals surface area contributed by atoms with Crippen LogP contribution in [0, 0.1) is 0 Å². The number of ether oxygens (including phenoxy) is 1. The van der Waals surface area contributed by atoms with Crippen LogP contribution in [-0.4, -0.2) is 42.3 Å². The zero-order valence-electron chi connectivity index (χ0n) is 10.9. The molecule has 0 aliphatic rings. The maximum atomic E-state index is 12.1. The monoisotopic (exact) mass is 305 g/mol. The van der Waals surface area contributed by atoms with E-state index in [1.54, 1.807) is 25.1 Å². The van der Waals surface area contributed by atoms with Gasteiger partial charge in [0.1, 0.15) is 6.10 Å². The minimum atomic E-state index is -0.547. The van der Waals surface area contributed by atoms with E-state index in [2.05, 4.69) is 0 Å². The second-order valence-corrected chi connectivity index (χ2v) is 4.92. The molecule has 1 unspecified atom stereocenters. The Morgan fingerprint density at radius 2 is 2.11 bits per heavy atom. The van der Waals surface area contributed by atoms with E-state index < -0.39 is 6.10 Å². The van der Waals surface area contributed by atoms with Crippen molar-refractivity contribution in [2.24, 2.45) is 0 Å². The van der Waals surface area contributed by atoms with Crippen molar-refractivity contribution in [3.05, 3.63) is 33.8 Å². The fourth-order valence-corrected chi connectivity index (χ4v) is 1.92. The van der Waals surface area contributed by atoms with Gasteiger partial charge in [0.25, 0.3) is 5.91 Å². The molecule has 0 aliphatic carbocycles. The number of hydrogen-bond donors (Lipinski definition) is 1. The molecule has 0 saturated heterocycles. The lowest BCUT2D eigenvalue weighted by Gasteiger charge is -2.24. The fourth-order valence-electron chi connectivity index (χ4n) is 1.60. The van der Waals surface area contributed by atoms with Gasteiger partial charge in [-0.3, -0.25) is 4.79 Å². The van der Waals surface area contributed by atoms with E-state index >= 15 is 0 Å². The molecular weight excluding hydrogens is 289 g/mol. The Kier molecular flexibility index (Phi) is 6.58. The highest BCUT2D eigenvalue weighted by Gasteiger charge is 2.20. The summed E-state index contributed by atoms with van der Waals surface area (Å²) in [5, 5.41) is 9.94. The minimum Gasteiger partial charge on any atom is -0.395 e. The van der Waals surface area contributed by atoms with Crippen molar-refractivity contribution in [1.82, 2.24) is 4.90 Å². The van der Waals surface area contributed by atoms with Crippen LogP contribution in [0.2, 0.25) is 10.0 Å². The first kappa shape index (κ1) is 16.2. The van der Waals surface area contributed by atoms with Gasteiger partial charge >= 0.3 is 0 Å². The summed E-state index contributed by atoms with van der Waals surface area (Å²) < 4.78 is 5.00. The van der Waals surface area contributed by atoms with Gasteiger partial charge in [0.05, 0.1) is 16.7 Å². The summed E-state index contributed by atoms with van der Waals surface area (Å²) in [7, 11) is 1.47. The van der Waals surface area contributed by atoms with Gasteiger partial charge in [0.15, 0.2) is 0 Å². The number of carbonyl (C=O) groups excluding carboxylic acids is 1. The number of carbonyl (C=O) groups is 1. The molecule has 0 heterocycles. The molecule has 6 heteroatoms. The molecule has 0 radical (unpaired) electrons. The number of aliphatic hydroxyl groups is 1. The normalized spacial score (nSPS) is 12.3. The largest absolute Gasteiger partial charge is 0.395 e. The number of hydrogen-bond acceptors (Lipinski definition) is 3. The lowest BCUT2D eigenvalue weighted by Crippen LogP contribution is -2.39. The van der Waals surface area contributed by atoms with E-state index in [0.717, 1.165) is 5.56 Å². The fraction of sp³-hybridized carbons (Fsp3) is 0.462. The van der Waals surface area contributed by atoms with Crippen LogP contribution in [0.15, 0.2) is 18.2 Å². The van der Waals surface area contributed by atoms with Gasteiger partial charge < -0.3 is 14.7 Å². The second kappa shape index (κ2) is 7.70. The Morgan fingerprint density at radius 3 is 2.63 bits per heavy atom. The van der Waals surface area contributed by atoms with Crippen LogP contribution in [0.5, 0.6) is 0 Å². The lowest BCUT2D eigenvalue weighted by atomic mass is 10.2. The number of benzene rings is 1. The standard InChI is InChI=1S/C13H17Cl2NO3/c1-9(19-2)13(18)16(5-6-17)8-10-3-4-11(14)12(15)7-10/h3-4,7,9,17H,5-6,8H2,1-2H3. The molecule has 4 nitrogen and oxygen atoms in total. The van der Waals surface area contributed by atoms with Gasteiger partial charge in [0, 0.05) is 20.2 Å². The van der Waals surface area contributed by atoms with Crippen molar-refractivity contribution < 1.29 is 14.6 Å². The third kappa shape index (κ3) is 4.66. The highest BCUT2D eigenvalue weighted by Crippen LogP contribution is 2.23. The number of amides is 1. The van der Waals surface area contributed by atoms with Gasteiger partial charge in [-0.25, -0.2) is 0 Å². The predicted molar refractivity (Wildman–Crippen MR) is 75.4 cm³/mol. The van der Waals surface area contributed by atoms with Crippen LogP contribution in [0.4, 0.5) is 0 Å². The first-order chi connectivity index (χ1) is 8.99. The molecule has 0 bridgehead atoms. The van der Waals surface area contributed by atoms with Gasteiger partial charge in [-0.05, 0) is 24.6 Å². The number of halogens is 2. The van der Waals surface area contributed by atoms with Crippen molar-refractivity contribution in [1.29, 1.82) is 0 Å². The van der Waals surface area contributed by atoms with Crippen molar-refractivity contribution in [3.63, 3.8) is 0 Å². The smallest absolute Gasteiger partial charge is 0.251 e. The van der Waals surface area contributed by atoms with Gasteiger partial charge in [0.2, 0.25) is 0 Å². The van der Waals surface area contributed by atoms with E-state index in [-0.39, 0.29) is 19.1 Å². The first-order valence-corrected chi connectivity index (χ1v) is 6.61. The average Bonchev–Trinajstić information content (AvgIpc) is 2.40. The summed E-state index contributed by atoms with van der Waals surface area (Å²) in [6.07, 6.45) is -0.547. The maximum Gasteiger partial charge on any atom is 0.251 e. The molecule has 1 rings (SSSR count). The summed E-state index contributed by atoms with van der Waals surface area (Å²) in [5.41, 5.74) is 0.847. The zero-order valence-corrected chi connectivity index (χ0v) is 12.4. The summed E-state index contributed by atoms with van der Waals surface area (Å²) in [6, 6.07) is 5.18. The van der Waals surface area contributed by atoms with E-state index in [4.69, 9.17) is 33.0 Å². The van der Waals surface area contributed by atoms with Gasteiger partial charge in [-0.1, -0.05) is 29.3 Å². The van der Waals surface area contributed by atoms with E-state index in [1.807, 2.05) is 0 Å². The summed E-state index contributed by atoms with van der Waals surface area (Å²) in [4.78, 5) is 13.6. The number of aliphatic hydroxyl groups excluding tert-OH is 1. The molecule has 0 aliphatic heterocycles. The van der Waals surface area contributed by atoms with Crippen LogP contribution in [-0.2, 0) is 16.1 Å². The van der Waals surface area contributed by atoms with E-state index in [9.17, 15) is 4.79 Å². The SMILES string of the molecule is COC(C)C(=O)N(CCO)Cc1ccc(Cl)c(Cl)c1. The van der Waals surface area contributed by atoms with Crippen molar-refractivity contribution in [2.45, 2.75) is 19.6 Å². The molecule has 1 atom stereocenters. The Labute approximate surface area is 122 Å². The molecule has 0 fully saturated rings. The maximum absolute atomic E-state index is 12.1. The summed E-state index contributed by atoms with van der Waals surface area (Å²) in [5.74, 6) is -0.178. The lowest BCUT2D eigenvalue weighted by molar-refractivity contribution is -0.142. The third-order valence-corrected chi connectivity index (χ3v) is 3.48. The molecule has 0 saturated carbocycles. The zero-order chi connectivity index (χ0) is 14.4. The highest BCUT2D eigenvalue weighted by atomic mass is 35.5. The molecule has 1 N–H and O–H groups in total. The Hall–Kier alpha value is -0.810. The van der Waals surface area contributed by atoms with Crippen LogP contribution in [0.1, 0.15) is 12.5 Å². The van der Waals surface area contributed by atoms with E-state index in [0.29, 0.717) is 16.6 Å². The third-order valence-electron chi connectivity index (χ3n) is 2.74. The average molecular weight is 306 g/mol. The Morgan fingerprint density at radius 1 is 1.42 bits per heavy atom. The minimum absolute atomic E-state index is 0.108. The molecule has 0 spiro atoms. The second-order valence-electron chi connectivity index (χ2n) is 4.11. The number of methoxy groups -OCH3 is 1. The van der Waals surface area contributed by atoms with Crippen LogP contribution in [0.3, 0.4) is 0 Å².